The van der Waals surface area contributed by atoms with E-state index in [1.807, 2.05) is 30.5 Å². The summed E-state index contributed by atoms with van der Waals surface area (Å²) >= 11 is 5.61. The Balaban J connectivity index is 2.45. The number of carboxylic acids is 1. The van der Waals surface area contributed by atoms with Gasteiger partial charge in [0.15, 0.2) is 0 Å². The number of carbonyl (C=O) groups excluding carboxylic acids is 2. The van der Waals surface area contributed by atoms with Gasteiger partial charge in [-0.3, -0.25) is 9.59 Å². The topological polar surface area (TPSA) is 89.9 Å². The van der Waals surface area contributed by atoms with Crippen molar-refractivity contribution in [1.29, 1.82) is 0 Å². The Bertz CT molecular complexity index is 1290. The second-order valence-corrected chi connectivity index (χ2v) is 12.8. The molecule has 1 N–H and O–H groups in total. The summed E-state index contributed by atoms with van der Waals surface area (Å²) in [5.74, 6) is -1.69. The number of hydrogen-bond acceptors (Lipinski definition) is 9. The quantitative estimate of drug-likeness (QED) is 0.189. The summed E-state index contributed by atoms with van der Waals surface area (Å²) in [6.45, 7) is 16.2. The highest BCUT2D eigenvalue weighted by Gasteiger charge is 2.33. The van der Waals surface area contributed by atoms with E-state index in [-0.39, 0.29) is 29.7 Å². The average molecular weight is 593 g/mol. The smallest absolute Gasteiger partial charge is 0.342 e. The SMILES string of the molecule is C=C(S/C(=C\C)C(=O)O)c1cc(CC(=O)OC)c(C(C)(C)/C(=C/C)SC(=C)c2sccc2CC(=O)OC)s1. The molecule has 2 aromatic rings. The summed E-state index contributed by atoms with van der Waals surface area (Å²) in [7, 11) is 2.72. The van der Waals surface area contributed by atoms with E-state index in [2.05, 4.69) is 27.0 Å². The van der Waals surface area contributed by atoms with Gasteiger partial charge in [0, 0.05) is 29.9 Å². The van der Waals surface area contributed by atoms with Gasteiger partial charge in [0.05, 0.1) is 32.0 Å². The molecular formula is C28H32O6S4. The highest BCUT2D eigenvalue weighted by molar-refractivity contribution is 8.12. The van der Waals surface area contributed by atoms with Gasteiger partial charge in [0.2, 0.25) is 0 Å². The van der Waals surface area contributed by atoms with E-state index in [1.165, 1.54) is 54.7 Å². The molecule has 0 saturated carbocycles. The van der Waals surface area contributed by atoms with Crippen LogP contribution >= 0.6 is 46.2 Å². The van der Waals surface area contributed by atoms with E-state index < -0.39 is 11.4 Å². The number of thiophene rings is 2. The summed E-state index contributed by atoms with van der Waals surface area (Å²) < 4.78 is 9.77. The Morgan fingerprint density at radius 3 is 2.13 bits per heavy atom. The Morgan fingerprint density at radius 1 is 1.00 bits per heavy atom. The third-order valence-electron chi connectivity index (χ3n) is 5.59. The molecule has 10 heteroatoms. The Hall–Kier alpha value is -2.53. The molecule has 0 aliphatic carbocycles. The molecule has 0 unspecified atom stereocenters. The lowest BCUT2D eigenvalue weighted by Crippen LogP contribution is -2.20. The predicted octanol–water partition coefficient (Wildman–Crippen LogP) is 7.52. The maximum Gasteiger partial charge on any atom is 0.342 e. The number of carboxylic acid groups (broad SMARTS) is 1. The van der Waals surface area contributed by atoms with E-state index in [0.717, 1.165) is 47.3 Å². The fourth-order valence-corrected chi connectivity index (χ4v) is 7.78. The van der Waals surface area contributed by atoms with Crippen LogP contribution < -0.4 is 0 Å². The van der Waals surface area contributed by atoms with Crippen LogP contribution in [0.2, 0.25) is 0 Å². The van der Waals surface area contributed by atoms with Crippen LogP contribution in [0.25, 0.3) is 9.81 Å². The van der Waals surface area contributed by atoms with Gasteiger partial charge >= 0.3 is 17.9 Å². The zero-order chi connectivity index (χ0) is 28.6. The number of allylic oxidation sites excluding steroid dienone is 3. The summed E-state index contributed by atoms with van der Waals surface area (Å²) in [5.41, 5.74) is 1.15. The Morgan fingerprint density at radius 2 is 1.61 bits per heavy atom. The molecule has 0 saturated heterocycles. The number of thioether (sulfide) groups is 2. The predicted molar refractivity (Wildman–Crippen MR) is 162 cm³/mol. The molecule has 0 aliphatic rings. The van der Waals surface area contributed by atoms with Crippen molar-refractivity contribution in [3.8, 4) is 0 Å². The number of esters is 2. The highest BCUT2D eigenvalue weighted by Crippen LogP contribution is 2.50. The molecule has 0 bridgehead atoms. The Kier molecular flexibility index (Phi) is 11.7. The van der Waals surface area contributed by atoms with Gasteiger partial charge in [-0.05, 0) is 47.4 Å². The van der Waals surface area contributed by atoms with Crippen molar-refractivity contribution in [3.05, 3.63) is 78.4 Å². The minimum atomic E-state index is -1.02. The lowest BCUT2D eigenvalue weighted by molar-refractivity contribution is -0.140. The fraction of sp³-hybridized carbons (Fsp3) is 0.321. The monoisotopic (exact) mass is 592 g/mol. The zero-order valence-corrected chi connectivity index (χ0v) is 25.6. The van der Waals surface area contributed by atoms with Gasteiger partial charge in [-0.1, -0.05) is 62.7 Å². The molecule has 2 aromatic heterocycles. The Labute approximate surface area is 240 Å². The zero-order valence-electron chi connectivity index (χ0n) is 22.3. The lowest BCUT2D eigenvalue weighted by atomic mass is 9.87. The molecule has 2 heterocycles. The molecule has 6 nitrogen and oxygen atoms in total. The van der Waals surface area contributed by atoms with E-state index in [0.29, 0.717) is 4.91 Å². The van der Waals surface area contributed by atoms with Crippen LogP contribution in [0.3, 0.4) is 0 Å². The van der Waals surface area contributed by atoms with Crippen molar-refractivity contribution in [2.45, 2.75) is 46.0 Å². The van der Waals surface area contributed by atoms with Crippen molar-refractivity contribution in [2.75, 3.05) is 14.2 Å². The van der Waals surface area contributed by atoms with E-state index in [1.54, 1.807) is 6.92 Å². The minimum Gasteiger partial charge on any atom is -0.477 e. The van der Waals surface area contributed by atoms with Crippen molar-refractivity contribution in [2.24, 2.45) is 0 Å². The maximum absolute atomic E-state index is 12.3. The summed E-state index contributed by atoms with van der Waals surface area (Å²) in [6.07, 6.45) is 3.81. The number of methoxy groups -OCH3 is 2. The van der Waals surface area contributed by atoms with E-state index in [9.17, 15) is 19.5 Å². The number of carbonyl (C=O) groups is 3. The van der Waals surface area contributed by atoms with Gasteiger partial charge in [-0.2, -0.15) is 0 Å². The fourth-order valence-electron chi connectivity index (χ4n) is 3.65. The average Bonchev–Trinajstić information content (AvgIpc) is 3.52. The molecule has 0 aromatic carbocycles. The maximum atomic E-state index is 12.3. The van der Waals surface area contributed by atoms with Gasteiger partial charge < -0.3 is 14.6 Å². The third-order valence-corrected chi connectivity index (χ3v) is 10.9. The molecule has 0 spiro atoms. The molecule has 38 heavy (non-hydrogen) atoms. The molecular weight excluding hydrogens is 561 g/mol. The minimum absolute atomic E-state index is 0.0793. The second kappa shape index (κ2) is 14.0. The van der Waals surface area contributed by atoms with Crippen LogP contribution in [-0.4, -0.2) is 37.2 Å². The van der Waals surface area contributed by atoms with Crippen molar-refractivity contribution < 1.29 is 29.0 Å². The van der Waals surface area contributed by atoms with Crippen LogP contribution in [-0.2, 0) is 42.1 Å². The molecule has 2 rings (SSSR count). The molecule has 0 aliphatic heterocycles. The largest absolute Gasteiger partial charge is 0.477 e. The number of ether oxygens (including phenoxy) is 2. The normalized spacial score (nSPS) is 12.3. The van der Waals surface area contributed by atoms with Crippen LogP contribution in [0.4, 0.5) is 0 Å². The second-order valence-electron chi connectivity index (χ2n) is 8.53. The summed E-state index contributed by atoms with van der Waals surface area (Å²) in [4.78, 5) is 40.9. The molecule has 0 amide bonds. The van der Waals surface area contributed by atoms with Crippen LogP contribution in [0, 0.1) is 0 Å². The highest BCUT2D eigenvalue weighted by atomic mass is 32.2. The third kappa shape index (κ3) is 7.75. The molecule has 0 fully saturated rings. The first-order valence-corrected chi connectivity index (χ1v) is 14.9. The van der Waals surface area contributed by atoms with E-state index in [4.69, 9.17) is 9.47 Å². The standard InChI is InChI=1S/C28H32O6S4/c1-9-20(27(31)32)36-16(3)21-13-19(15-24(30)34-8)26(38-21)28(5,6)22(10-2)37-17(4)25-18(11-12-35-25)14-23(29)33-7/h9-13H,3-4,14-15H2,1-2,5-8H3,(H,31,32)/b20-9-,22-10-. The molecule has 0 atom stereocenters. The number of rotatable bonds is 13. The molecule has 204 valence electrons. The van der Waals surface area contributed by atoms with Gasteiger partial charge in [-0.15, -0.1) is 22.7 Å². The van der Waals surface area contributed by atoms with Gasteiger partial charge in [0.25, 0.3) is 0 Å². The number of hydrogen-bond donors (Lipinski definition) is 1. The molecule has 0 radical (unpaired) electrons. The van der Waals surface area contributed by atoms with Crippen LogP contribution in [0.1, 0.15) is 53.5 Å². The van der Waals surface area contributed by atoms with Crippen LogP contribution in [0.5, 0.6) is 0 Å². The summed E-state index contributed by atoms with van der Waals surface area (Å²) in [5, 5.41) is 11.4. The summed E-state index contributed by atoms with van der Waals surface area (Å²) in [6, 6.07) is 3.80. The first kappa shape index (κ1) is 31.7. The van der Waals surface area contributed by atoms with Gasteiger partial charge in [-0.25, -0.2) is 4.79 Å². The lowest BCUT2D eigenvalue weighted by Gasteiger charge is -2.28. The first-order valence-electron chi connectivity index (χ1n) is 11.5. The van der Waals surface area contributed by atoms with Crippen molar-refractivity contribution in [3.63, 3.8) is 0 Å². The van der Waals surface area contributed by atoms with Crippen molar-refractivity contribution >= 4 is 73.9 Å². The van der Waals surface area contributed by atoms with E-state index >= 15 is 0 Å². The van der Waals surface area contributed by atoms with Gasteiger partial charge in [0.1, 0.15) is 0 Å². The van der Waals surface area contributed by atoms with Crippen LogP contribution in [0.15, 0.2) is 52.6 Å². The first-order chi connectivity index (χ1) is 17.9. The number of aliphatic carboxylic acids is 1. The van der Waals surface area contributed by atoms with Crippen molar-refractivity contribution in [1.82, 2.24) is 0 Å².